The van der Waals surface area contributed by atoms with Crippen LogP contribution in [-0.2, 0) is 11.2 Å². The van der Waals surface area contributed by atoms with Crippen LogP contribution in [0.4, 0.5) is 0 Å². The standard InChI is InChI=1S/C9H13NO2/c1-3-11-7-8(1)5-9-6-10-2-4-12-9/h1,3,7,9-10H,2,4-6H2. The molecule has 0 aliphatic carbocycles. The molecule has 3 nitrogen and oxygen atoms in total. The summed E-state index contributed by atoms with van der Waals surface area (Å²) >= 11 is 0. The van der Waals surface area contributed by atoms with Gasteiger partial charge in [0.2, 0.25) is 0 Å². The summed E-state index contributed by atoms with van der Waals surface area (Å²) in [7, 11) is 0. The highest BCUT2D eigenvalue weighted by Crippen LogP contribution is 2.07. The van der Waals surface area contributed by atoms with E-state index in [2.05, 4.69) is 5.32 Å². The zero-order valence-electron chi connectivity index (χ0n) is 6.95. The molecule has 0 aromatic carbocycles. The highest BCUT2D eigenvalue weighted by Gasteiger charge is 2.13. The van der Waals surface area contributed by atoms with Crippen LogP contribution in [0.3, 0.4) is 0 Å². The van der Waals surface area contributed by atoms with E-state index in [9.17, 15) is 0 Å². The van der Waals surface area contributed by atoms with Crippen LogP contribution >= 0.6 is 0 Å². The smallest absolute Gasteiger partial charge is 0.0935 e. The molecule has 1 aromatic heterocycles. The first-order valence-corrected chi connectivity index (χ1v) is 4.28. The normalized spacial score (nSPS) is 24.2. The molecule has 1 aliphatic rings. The number of furan rings is 1. The van der Waals surface area contributed by atoms with E-state index >= 15 is 0 Å². The van der Waals surface area contributed by atoms with Crippen molar-refractivity contribution in [3.05, 3.63) is 24.2 Å². The maximum absolute atomic E-state index is 5.55. The van der Waals surface area contributed by atoms with Gasteiger partial charge < -0.3 is 14.5 Å². The summed E-state index contributed by atoms with van der Waals surface area (Å²) in [6, 6.07) is 1.98. The lowest BCUT2D eigenvalue weighted by Gasteiger charge is -2.22. The maximum atomic E-state index is 5.55. The Bertz CT molecular complexity index is 214. The Morgan fingerprint density at radius 1 is 1.58 bits per heavy atom. The second kappa shape index (κ2) is 3.74. The van der Waals surface area contributed by atoms with E-state index < -0.39 is 0 Å². The zero-order valence-corrected chi connectivity index (χ0v) is 6.95. The molecule has 1 unspecified atom stereocenters. The summed E-state index contributed by atoms with van der Waals surface area (Å²) in [4.78, 5) is 0. The molecule has 0 saturated carbocycles. The van der Waals surface area contributed by atoms with E-state index in [4.69, 9.17) is 9.15 Å². The van der Waals surface area contributed by atoms with E-state index in [1.165, 1.54) is 5.56 Å². The number of ether oxygens (including phenoxy) is 1. The molecule has 1 saturated heterocycles. The van der Waals surface area contributed by atoms with Gasteiger partial charge in [0.05, 0.1) is 25.2 Å². The van der Waals surface area contributed by atoms with Gasteiger partial charge in [-0.05, 0) is 11.6 Å². The molecule has 12 heavy (non-hydrogen) atoms. The minimum Gasteiger partial charge on any atom is -0.472 e. The second-order valence-electron chi connectivity index (χ2n) is 3.03. The van der Waals surface area contributed by atoms with Gasteiger partial charge in [0.1, 0.15) is 0 Å². The Labute approximate surface area is 71.7 Å². The van der Waals surface area contributed by atoms with Crippen LogP contribution in [0.5, 0.6) is 0 Å². The third-order valence-electron chi connectivity index (χ3n) is 2.05. The van der Waals surface area contributed by atoms with Crippen molar-refractivity contribution in [2.24, 2.45) is 0 Å². The zero-order chi connectivity index (χ0) is 8.23. The van der Waals surface area contributed by atoms with Gasteiger partial charge in [0.15, 0.2) is 0 Å². The Kier molecular flexibility index (Phi) is 2.44. The molecule has 0 amide bonds. The molecule has 1 aromatic rings. The van der Waals surface area contributed by atoms with E-state index in [1.54, 1.807) is 12.5 Å². The van der Waals surface area contributed by atoms with Crippen molar-refractivity contribution in [2.75, 3.05) is 19.7 Å². The van der Waals surface area contributed by atoms with E-state index in [-0.39, 0.29) is 0 Å². The van der Waals surface area contributed by atoms with Gasteiger partial charge in [-0.1, -0.05) is 0 Å². The van der Waals surface area contributed by atoms with E-state index in [0.717, 1.165) is 26.1 Å². The predicted octanol–water partition coefficient (Wildman–Crippen LogP) is 0.810. The molecule has 0 spiro atoms. The molecule has 1 N–H and O–H groups in total. The number of nitrogens with one attached hydrogen (secondary N) is 1. The van der Waals surface area contributed by atoms with E-state index in [0.29, 0.717) is 6.10 Å². The van der Waals surface area contributed by atoms with E-state index in [1.807, 2.05) is 6.07 Å². The average Bonchev–Trinajstić information content (AvgIpc) is 2.59. The summed E-state index contributed by atoms with van der Waals surface area (Å²) < 4.78 is 10.5. The summed E-state index contributed by atoms with van der Waals surface area (Å²) in [5, 5.41) is 3.29. The third kappa shape index (κ3) is 1.87. The van der Waals surface area contributed by atoms with Crippen LogP contribution in [-0.4, -0.2) is 25.8 Å². The van der Waals surface area contributed by atoms with Crippen LogP contribution in [0, 0.1) is 0 Å². The maximum Gasteiger partial charge on any atom is 0.0935 e. The number of hydrogen-bond acceptors (Lipinski definition) is 3. The van der Waals surface area contributed by atoms with Gasteiger partial charge in [-0.2, -0.15) is 0 Å². The number of morpholine rings is 1. The minimum atomic E-state index is 0.316. The molecule has 0 radical (unpaired) electrons. The first-order chi connectivity index (χ1) is 5.95. The summed E-state index contributed by atoms with van der Waals surface area (Å²) in [5.41, 5.74) is 1.21. The summed E-state index contributed by atoms with van der Waals surface area (Å²) in [5.74, 6) is 0. The highest BCUT2D eigenvalue weighted by molar-refractivity contribution is 5.06. The molecule has 1 atom stereocenters. The topological polar surface area (TPSA) is 34.4 Å². The molecule has 1 fully saturated rings. The molecule has 3 heteroatoms. The SMILES string of the molecule is c1cc(CC2CNCCO2)co1. The van der Waals surface area contributed by atoms with Crippen LogP contribution in [0.2, 0.25) is 0 Å². The summed E-state index contributed by atoms with van der Waals surface area (Å²) in [6.45, 7) is 2.75. The molecular formula is C9H13NO2. The minimum absolute atomic E-state index is 0.316. The molecular weight excluding hydrogens is 154 g/mol. The first-order valence-electron chi connectivity index (χ1n) is 4.28. The predicted molar refractivity (Wildman–Crippen MR) is 45.0 cm³/mol. The fourth-order valence-corrected chi connectivity index (χ4v) is 1.42. The van der Waals surface area contributed by atoms with Crippen LogP contribution in [0.15, 0.2) is 23.0 Å². The average molecular weight is 167 g/mol. The lowest BCUT2D eigenvalue weighted by molar-refractivity contribution is 0.0291. The fraction of sp³-hybridized carbons (Fsp3) is 0.556. The first kappa shape index (κ1) is 7.83. The van der Waals surface area contributed by atoms with Crippen molar-refractivity contribution in [3.63, 3.8) is 0 Å². The fourth-order valence-electron chi connectivity index (χ4n) is 1.42. The van der Waals surface area contributed by atoms with Gasteiger partial charge in [-0.3, -0.25) is 0 Å². The quantitative estimate of drug-likeness (QED) is 0.707. The van der Waals surface area contributed by atoms with Gasteiger partial charge in [0, 0.05) is 19.5 Å². The molecule has 0 bridgehead atoms. The van der Waals surface area contributed by atoms with Crippen molar-refractivity contribution in [3.8, 4) is 0 Å². The Morgan fingerprint density at radius 2 is 2.58 bits per heavy atom. The van der Waals surface area contributed by atoms with Crippen molar-refractivity contribution in [1.29, 1.82) is 0 Å². The lowest BCUT2D eigenvalue weighted by atomic mass is 10.1. The van der Waals surface area contributed by atoms with Gasteiger partial charge >= 0.3 is 0 Å². The molecule has 1 aliphatic heterocycles. The van der Waals surface area contributed by atoms with Crippen LogP contribution in [0.25, 0.3) is 0 Å². The Morgan fingerprint density at radius 3 is 3.25 bits per heavy atom. The number of rotatable bonds is 2. The Hall–Kier alpha value is -0.800. The number of hydrogen-bond donors (Lipinski definition) is 1. The third-order valence-corrected chi connectivity index (χ3v) is 2.05. The Balaban J connectivity index is 1.86. The van der Waals surface area contributed by atoms with Crippen LogP contribution < -0.4 is 5.32 Å². The highest BCUT2D eigenvalue weighted by atomic mass is 16.5. The largest absolute Gasteiger partial charge is 0.472 e. The van der Waals surface area contributed by atoms with Gasteiger partial charge in [-0.25, -0.2) is 0 Å². The van der Waals surface area contributed by atoms with Gasteiger partial charge in [-0.15, -0.1) is 0 Å². The monoisotopic (exact) mass is 167 g/mol. The van der Waals surface area contributed by atoms with Crippen molar-refractivity contribution in [2.45, 2.75) is 12.5 Å². The van der Waals surface area contributed by atoms with Gasteiger partial charge in [0.25, 0.3) is 0 Å². The van der Waals surface area contributed by atoms with Crippen LogP contribution in [0.1, 0.15) is 5.56 Å². The lowest BCUT2D eigenvalue weighted by Crippen LogP contribution is -2.39. The van der Waals surface area contributed by atoms with Crippen molar-refractivity contribution < 1.29 is 9.15 Å². The molecule has 2 rings (SSSR count). The van der Waals surface area contributed by atoms with Crippen molar-refractivity contribution in [1.82, 2.24) is 5.32 Å². The molecule has 2 heterocycles. The molecule has 66 valence electrons. The second-order valence-corrected chi connectivity index (χ2v) is 3.03. The van der Waals surface area contributed by atoms with Crippen molar-refractivity contribution >= 4 is 0 Å². The summed E-state index contributed by atoms with van der Waals surface area (Å²) in [6.07, 6.45) is 4.74.